The van der Waals surface area contributed by atoms with Gasteiger partial charge in [0.1, 0.15) is 11.1 Å². The van der Waals surface area contributed by atoms with Gasteiger partial charge in [0.2, 0.25) is 5.91 Å². The fourth-order valence-electron chi connectivity index (χ4n) is 1.69. The van der Waals surface area contributed by atoms with Gasteiger partial charge in [-0.1, -0.05) is 47.0 Å². The molecule has 1 aliphatic carbocycles. The number of allylic oxidation sites excluding steroid dienone is 2. The highest BCUT2D eigenvalue weighted by atomic mass is 35.5. The lowest BCUT2D eigenvalue weighted by Gasteiger charge is -2.24. The molecule has 0 saturated heterocycles. The first-order valence-electron chi connectivity index (χ1n) is 5.24. The number of nitrogens with two attached hydrogens (primary N) is 1. The average Bonchev–Trinajstić information content (AvgIpc) is 2.35. The number of carbonyl (C=O) groups is 2. The molecule has 1 amide bonds. The number of hydrogen-bond donors (Lipinski definition) is 1. The molecule has 18 heavy (non-hydrogen) atoms. The Kier molecular flexibility index (Phi) is 5.99. The maximum absolute atomic E-state index is 11.8. The number of hydrogen-bond acceptors (Lipinski definition) is 3. The molecule has 1 aliphatic rings. The number of amides is 1. The van der Waals surface area contributed by atoms with E-state index in [0.29, 0.717) is 12.8 Å². The normalized spacial score (nSPS) is 22.4. The van der Waals surface area contributed by atoms with E-state index in [4.69, 9.17) is 45.3 Å². The molecule has 2 N–H and O–H groups in total. The Labute approximate surface area is 120 Å². The number of halogens is 3. The fourth-order valence-corrected chi connectivity index (χ4v) is 1.85. The van der Waals surface area contributed by atoms with Gasteiger partial charge in [0, 0.05) is 0 Å². The third-order valence-corrected chi connectivity index (χ3v) is 3.59. The van der Waals surface area contributed by atoms with Gasteiger partial charge in [0.05, 0.1) is 16.9 Å². The number of esters is 1. The number of rotatable bonds is 4. The lowest BCUT2D eigenvalue weighted by molar-refractivity contribution is -0.151. The maximum Gasteiger partial charge on any atom is 0.310 e. The van der Waals surface area contributed by atoms with E-state index >= 15 is 0 Å². The van der Waals surface area contributed by atoms with Crippen molar-refractivity contribution in [3.05, 3.63) is 21.7 Å². The van der Waals surface area contributed by atoms with Gasteiger partial charge in [-0.15, -0.1) is 0 Å². The van der Waals surface area contributed by atoms with E-state index in [1.165, 1.54) is 0 Å². The highest BCUT2D eigenvalue weighted by molar-refractivity contribution is 6.59. The Balaban J connectivity index is 2.63. The minimum absolute atomic E-state index is 0.0358. The summed E-state index contributed by atoms with van der Waals surface area (Å²) in [7, 11) is 0. The van der Waals surface area contributed by atoms with Crippen LogP contribution in [0, 0.1) is 11.8 Å². The first-order chi connectivity index (χ1) is 8.43. The summed E-state index contributed by atoms with van der Waals surface area (Å²) in [5, 5.41) is 0.0358. The molecule has 0 saturated carbocycles. The molecule has 0 bridgehead atoms. The largest absolute Gasteiger partial charge is 0.460 e. The summed E-state index contributed by atoms with van der Waals surface area (Å²) >= 11 is 16.5. The lowest BCUT2D eigenvalue weighted by atomic mass is 9.82. The molecule has 0 fully saturated rings. The predicted octanol–water partition coefficient (Wildman–Crippen LogP) is 2.48. The van der Waals surface area contributed by atoms with E-state index in [-0.39, 0.29) is 16.1 Å². The summed E-state index contributed by atoms with van der Waals surface area (Å²) in [6.45, 7) is -0.214. The minimum atomic E-state index is -0.578. The fraction of sp³-hybridized carbons (Fsp3) is 0.455. The Morgan fingerprint density at radius 3 is 2.22 bits per heavy atom. The van der Waals surface area contributed by atoms with Crippen LogP contribution < -0.4 is 5.73 Å². The molecule has 0 aromatic heterocycles. The van der Waals surface area contributed by atoms with Crippen molar-refractivity contribution >= 4 is 46.7 Å². The lowest BCUT2D eigenvalue weighted by Crippen LogP contribution is -2.36. The third-order valence-electron chi connectivity index (χ3n) is 2.65. The molecule has 0 spiro atoms. The van der Waals surface area contributed by atoms with Crippen molar-refractivity contribution in [3.63, 3.8) is 0 Å². The molecule has 0 aromatic carbocycles. The van der Waals surface area contributed by atoms with Crippen LogP contribution in [0.4, 0.5) is 0 Å². The van der Waals surface area contributed by atoms with Gasteiger partial charge in [-0.3, -0.25) is 9.59 Å². The molecular weight excluding hydrogens is 300 g/mol. The standard InChI is InChI=1S/C11H12Cl3NO3/c12-8(9(13)14)5-18-11(17)7-4-2-1-3-6(7)10(15)16/h1-2,6-7H,3-5H2,(H2,15,16)/t6-,7-/m1/s1. The number of primary amides is 1. The minimum Gasteiger partial charge on any atom is -0.460 e. The van der Waals surface area contributed by atoms with E-state index in [0.717, 1.165) is 0 Å². The topological polar surface area (TPSA) is 69.4 Å². The number of ether oxygens (including phenoxy) is 1. The summed E-state index contributed by atoms with van der Waals surface area (Å²) in [6, 6.07) is 0. The molecule has 0 heterocycles. The smallest absolute Gasteiger partial charge is 0.310 e. The van der Waals surface area contributed by atoms with E-state index in [2.05, 4.69) is 0 Å². The molecule has 0 unspecified atom stereocenters. The third kappa shape index (κ3) is 4.19. The van der Waals surface area contributed by atoms with Crippen LogP contribution >= 0.6 is 34.8 Å². The molecule has 0 aliphatic heterocycles. The van der Waals surface area contributed by atoms with Gasteiger partial charge < -0.3 is 10.5 Å². The second kappa shape index (κ2) is 7.02. The van der Waals surface area contributed by atoms with Crippen LogP contribution in [0.3, 0.4) is 0 Å². The van der Waals surface area contributed by atoms with Crippen LogP contribution in [0.15, 0.2) is 21.7 Å². The molecule has 7 heteroatoms. The Hall–Kier alpha value is -0.710. The van der Waals surface area contributed by atoms with Crippen molar-refractivity contribution in [2.75, 3.05) is 6.61 Å². The van der Waals surface area contributed by atoms with Gasteiger partial charge in [-0.2, -0.15) is 0 Å². The Morgan fingerprint density at radius 2 is 1.72 bits per heavy atom. The maximum atomic E-state index is 11.8. The van der Waals surface area contributed by atoms with E-state index < -0.39 is 23.7 Å². The molecule has 1 rings (SSSR count). The zero-order valence-electron chi connectivity index (χ0n) is 9.37. The van der Waals surface area contributed by atoms with E-state index in [1.807, 2.05) is 12.2 Å². The van der Waals surface area contributed by atoms with Gasteiger partial charge >= 0.3 is 5.97 Å². The van der Waals surface area contributed by atoms with Gasteiger partial charge in [0.25, 0.3) is 0 Å². The van der Waals surface area contributed by atoms with Crippen molar-refractivity contribution in [2.24, 2.45) is 17.6 Å². The first kappa shape index (κ1) is 15.3. The Morgan fingerprint density at radius 1 is 1.17 bits per heavy atom. The number of carbonyl (C=O) groups excluding carboxylic acids is 2. The first-order valence-corrected chi connectivity index (χ1v) is 6.37. The van der Waals surface area contributed by atoms with Crippen LogP contribution in [0.25, 0.3) is 0 Å². The molecule has 0 aromatic rings. The van der Waals surface area contributed by atoms with E-state index in [1.54, 1.807) is 0 Å². The summed E-state index contributed by atoms with van der Waals surface area (Å²) in [5.74, 6) is -2.17. The summed E-state index contributed by atoms with van der Waals surface area (Å²) < 4.78 is 4.79. The van der Waals surface area contributed by atoms with Gasteiger partial charge in [-0.25, -0.2) is 0 Å². The second-order valence-corrected chi connectivity index (χ2v) is 5.24. The van der Waals surface area contributed by atoms with Crippen molar-refractivity contribution in [1.29, 1.82) is 0 Å². The van der Waals surface area contributed by atoms with Crippen molar-refractivity contribution in [3.8, 4) is 0 Å². The van der Waals surface area contributed by atoms with Crippen LogP contribution in [0.1, 0.15) is 12.8 Å². The predicted molar refractivity (Wildman–Crippen MR) is 70.1 cm³/mol. The quantitative estimate of drug-likeness (QED) is 0.640. The molecular formula is C11H12Cl3NO3. The zero-order chi connectivity index (χ0) is 13.7. The highest BCUT2D eigenvalue weighted by Gasteiger charge is 2.33. The van der Waals surface area contributed by atoms with Crippen LogP contribution in [0.5, 0.6) is 0 Å². The summed E-state index contributed by atoms with van der Waals surface area (Å²) in [6.07, 6.45) is 4.50. The second-order valence-electron chi connectivity index (χ2n) is 3.83. The van der Waals surface area contributed by atoms with Crippen LogP contribution in [-0.4, -0.2) is 18.5 Å². The van der Waals surface area contributed by atoms with Gasteiger partial charge in [-0.05, 0) is 12.8 Å². The molecule has 100 valence electrons. The van der Waals surface area contributed by atoms with E-state index in [9.17, 15) is 9.59 Å². The average molecular weight is 313 g/mol. The van der Waals surface area contributed by atoms with Crippen molar-refractivity contribution in [2.45, 2.75) is 12.8 Å². The summed E-state index contributed by atoms with van der Waals surface area (Å²) in [5.41, 5.74) is 5.24. The summed E-state index contributed by atoms with van der Waals surface area (Å²) in [4.78, 5) is 23.0. The highest BCUT2D eigenvalue weighted by Crippen LogP contribution is 2.27. The van der Waals surface area contributed by atoms with Crippen LogP contribution in [-0.2, 0) is 14.3 Å². The molecule has 4 nitrogen and oxygen atoms in total. The SMILES string of the molecule is NC(=O)[C@@H]1CC=CC[C@H]1C(=O)OCC(Cl)=C(Cl)Cl. The van der Waals surface area contributed by atoms with Gasteiger partial charge in [0.15, 0.2) is 0 Å². The van der Waals surface area contributed by atoms with Crippen molar-refractivity contribution < 1.29 is 14.3 Å². The zero-order valence-corrected chi connectivity index (χ0v) is 11.6. The molecule has 0 radical (unpaired) electrons. The Bertz CT molecular complexity index is 402. The molecule has 2 atom stereocenters. The van der Waals surface area contributed by atoms with Crippen molar-refractivity contribution in [1.82, 2.24) is 0 Å². The van der Waals surface area contributed by atoms with Crippen LogP contribution in [0.2, 0.25) is 0 Å². The monoisotopic (exact) mass is 311 g/mol.